The lowest BCUT2D eigenvalue weighted by molar-refractivity contribution is -0.120. The van der Waals surface area contributed by atoms with Crippen LogP contribution in [0.25, 0.3) is 16.5 Å². The van der Waals surface area contributed by atoms with Crippen LogP contribution in [0.2, 0.25) is 0 Å². The number of allylic oxidation sites excluding steroid dienone is 4. The summed E-state index contributed by atoms with van der Waals surface area (Å²) in [6.07, 6.45) is -3.16. The molecule has 0 N–H and O–H groups in total. The van der Waals surface area contributed by atoms with Crippen molar-refractivity contribution < 1.29 is 27.1 Å². The van der Waals surface area contributed by atoms with E-state index in [1.165, 1.54) is 24.3 Å². The topological polar surface area (TPSA) is 56.5 Å². The van der Waals surface area contributed by atoms with Crippen LogP contribution in [0.15, 0.2) is 64.4 Å². The van der Waals surface area contributed by atoms with Gasteiger partial charge < -0.3 is 9.15 Å². The molecule has 0 saturated heterocycles. The number of halogens is 3. The summed E-state index contributed by atoms with van der Waals surface area (Å²) in [7, 11) is 0. The van der Waals surface area contributed by atoms with Crippen LogP contribution in [-0.2, 0) is 4.79 Å². The molecule has 0 atom stereocenters. The van der Waals surface area contributed by atoms with E-state index in [2.05, 4.69) is 17.9 Å². The first-order valence-electron chi connectivity index (χ1n) is 6.56. The summed E-state index contributed by atoms with van der Waals surface area (Å²) in [4.78, 5) is 22.4. The third-order valence-electron chi connectivity index (χ3n) is 3.19. The molecule has 0 fully saturated rings. The Bertz CT molecular complexity index is 904. The quantitative estimate of drug-likeness (QED) is 0.470. The van der Waals surface area contributed by atoms with E-state index in [0.717, 1.165) is 6.08 Å². The Hall–Kier alpha value is -3.09. The molecule has 0 unspecified atom stereocenters. The first kappa shape index (κ1) is 17.3. The van der Waals surface area contributed by atoms with Crippen LogP contribution in [0, 0.1) is 0 Å². The van der Waals surface area contributed by atoms with Crippen molar-refractivity contribution in [3.63, 3.8) is 0 Å². The number of carbonyl (C=O) groups excluding carboxylic acids is 1. The van der Waals surface area contributed by atoms with E-state index in [0.29, 0.717) is 11.5 Å². The molecule has 0 radical (unpaired) electrons. The summed E-state index contributed by atoms with van der Waals surface area (Å²) >= 11 is 0. The highest BCUT2D eigenvalue weighted by molar-refractivity contribution is 5.85. The van der Waals surface area contributed by atoms with E-state index < -0.39 is 22.9 Å². The molecule has 24 heavy (non-hydrogen) atoms. The maximum Gasteiger partial charge on any atom is 0.416 e. The molecule has 0 aliphatic heterocycles. The fraction of sp³-hybridized carbons (Fsp3) is 0.0588. The molecule has 0 spiro atoms. The van der Waals surface area contributed by atoms with Gasteiger partial charge in [-0.15, -0.1) is 0 Å². The Morgan fingerprint density at radius 1 is 1.17 bits per heavy atom. The summed E-state index contributed by atoms with van der Waals surface area (Å²) in [5, 5.41) is 0.354. The van der Waals surface area contributed by atoms with Crippen molar-refractivity contribution in [2.75, 3.05) is 0 Å². The third-order valence-corrected chi connectivity index (χ3v) is 3.19. The molecular formula is C17H11F3O4. The first-order chi connectivity index (χ1) is 11.3. The number of alkyl halides is 3. The van der Waals surface area contributed by atoms with Gasteiger partial charge in [0.05, 0.1) is 11.1 Å². The fourth-order valence-electron chi connectivity index (χ4n) is 2.15. The molecule has 0 saturated carbocycles. The van der Waals surface area contributed by atoms with Gasteiger partial charge in [-0.3, -0.25) is 4.79 Å². The van der Waals surface area contributed by atoms with Gasteiger partial charge in [-0.1, -0.05) is 25.3 Å². The molecule has 7 heteroatoms. The Labute approximate surface area is 134 Å². The lowest BCUT2D eigenvalue weighted by Gasteiger charge is -2.12. The van der Waals surface area contributed by atoms with Crippen LogP contribution in [0.4, 0.5) is 13.2 Å². The number of hydrogen-bond donors (Lipinski definition) is 0. The molecule has 0 amide bonds. The van der Waals surface area contributed by atoms with Crippen LogP contribution >= 0.6 is 0 Å². The zero-order chi connectivity index (χ0) is 17.9. The Morgan fingerprint density at radius 3 is 2.42 bits per heavy atom. The summed E-state index contributed by atoms with van der Waals surface area (Å²) in [6.45, 7) is 6.67. The van der Waals surface area contributed by atoms with Crippen molar-refractivity contribution in [1.82, 2.24) is 0 Å². The van der Waals surface area contributed by atoms with E-state index in [-0.39, 0.29) is 23.4 Å². The Kier molecular flexibility index (Phi) is 4.73. The van der Waals surface area contributed by atoms with Gasteiger partial charge >= 0.3 is 11.8 Å². The van der Waals surface area contributed by atoms with Crippen molar-refractivity contribution >= 4 is 23.0 Å². The normalized spacial score (nSPS) is 12.5. The van der Waals surface area contributed by atoms with Gasteiger partial charge in [-0.25, -0.2) is 4.79 Å². The number of carbonyl (C=O) groups is 1. The smallest absolute Gasteiger partial charge is 0.416 e. The highest BCUT2D eigenvalue weighted by Crippen LogP contribution is 2.33. The summed E-state index contributed by atoms with van der Waals surface area (Å²) in [5.74, 6) is 0.134. The van der Waals surface area contributed by atoms with Gasteiger partial charge in [0, 0.05) is 17.0 Å². The highest BCUT2D eigenvalue weighted by atomic mass is 19.4. The van der Waals surface area contributed by atoms with E-state index in [1.54, 1.807) is 0 Å². The maximum atomic E-state index is 13.1. The summed E-state index contributed by atoms with van der Waals surface area (Å²) < 4.78 is 48.9. The molecule has 4 nitrogen and oxygen atoms in total. The van der Waals surface area contributed by atoms with E-state index in [1.807, 2.05) is 0 Å². The highest BCUT2D eigenvalue weighted by Gasteiger charge is 2.34. The predicted octanol–water partition coefficient (Wildman–Crippen LogP) is 4.02. The number of benzene rings is 1. The third kappa shape index (κ3) is 3.29. The molecule has 0 aliphatic rings. The van der Waals surface area contributed by atoms with Gasteiger partial charge in [0.25, 0.3) is 6.47 Å². The lowest BCUT2D eigenvalue weighted by atomic mass is 9.99. The van der Waals surface area contributed by atoms with Gasteiger partial charge in [0.15, 0.2) is 0 Å². The second kappa shape index (κ2) is 6.57. The van der Waals surface area contributed by atoms with Crippen LogP contribution in [0.1, 0.15) is 5.56 Å². The molecule has 0 aliphatic carbocycles. The second-order valence-corrected chi connectivity index (χ2v) is 4.59. The predicted molar refractivity (Wildman–Crippen MR) is 82.5 cm³/mol. The molecule has 124 valence electrons. The minimum atomic E-state index is -4.70. The molecule has 1 heterocycles. The van der Waals surface area contributed by atoms with Gasteiger partial charge in [-0.05, 0) is 18.2 Å². The standard InChI is InChI=1S/C17H11F3O4/c1-3-12(14(4-2)17(18,19)20)13-7-10-5-6-11(23-9-21)8-15(10)24-16(13)22/h3-9H,1-2H2/b14-12-. The average Bonchev–Trinajstić information content (AvgIpc) is 2.51. The molecule has 1 aromatic heterocycles. The molecule has 1 aromatic carbocycles. The SMILES string of the molecule is C=C/C(=C(\C=C)C(F)(F)F)c1cc2ccc(OC=O)cc2oc1=O. The Balaban J connectivity index is 2.74. The van der Waals surface area contributed by atoms with Crippen LogP contribution in [0.5, 0.6) is 5.75 Å². The molecule has 0 bridgehead atoms. The van der Waals surface area contributed by atoms with Gasteiger partial charge in [-0.2, -0.15) is 13.2 Å². The Morgan fingerprint density at radius 2 is 1.88 bits per heavy atom. The van der Waals surface area contributed by atoms with Crippen molar-refractivity contribution in [1.29, 1.82) is 0 Å². The van der Waals surface area contributed by atoms with E-state index in [9.17, 15) is 22.8 Å². The number of ether oxygens (including phenoxy) is 1. The van der Waals surface area contributed by atoms with Crippen molar-refractivity contribution in [3.8, 4) is 5.75 Å². The van der Waals surface area contributed by atoms with Crippen molar-refractivity contribution in [3.05, 3.63) is 71.1 Å². The zero-order valence-electron chi connectivity index (χ0n) is 12.2. The number of hydrogen-bond acceptors (Lipinski definition) is 4. The van der Waals surface area contributed by atoms with E-state index >= 15 is 0 Å². The summed E-state index contributed by atoms with van der Waals surface area (Å²) in [5.41, 5.74) is -2.73. The first-order valence-corrected chi connectivity index (χ1v) is 6.56. The van der Waals surface area contributed by atoms with E-state index in [4.69, 9.17) is 4.42 Å². The maximum absolute atomic E-state index is 13.1. The van der Waals surface area contributed by atoms with Crippen molar-refractivity contribution in [2.24, 2.45) is 0 Å². The minimum Gasteiger partial charge on any atom is -0.429 e. The summed E-state index contributed by atoms with van der Waals surface area (Å²) in [6, 6.07) is 5.39. The monoisotopic (exact) mass is 336 g/mol. The van der Waals surface area contributed by atoms with Gasteiger partial charge in [0.2, 0.25) is 0 Å². The minimum absolute atomic E-state index is 0.0682. The molecule has 2 rings (SSSR count). The van der Waals surface area contributed by atoms with Gasteiger partial charge in [0.1, 0.15) is 11.3 Å². The fourth-order valence-corrected chi connectivity index (χ4v) is 2.15. The average molecular weight is 336 g/mol. The largest absolute Gasteiger partial charge is 0.429 e. The second-order valence-electron chi connectivity index (χ2n) is 4.59. The molecular weight excluding hydrogens is 325 g/mol. The zero-order valence-corrected chi connectivity index (χ0v) is 12.2. The van der Waals surface area contributed by atoms with Crippen LogP contribution in [-0.4, -0.2) is 12.6 Å². The number of rotatable bonds is 5. The number of fused-ring (bicyclic) bond motifs is 1. The lowest BCUT2D eigenvalue weighted by Crippen LogP contribution is -2.15. The van der Waals surface area contributed by atoms with Crippen LogP contribution < -0.4 is 10.4 Å². The van der Waals surface area contributed by atoms with Crippen molar-refractivity contribution in [2.45, 2.75) is 6.18 Å². The molecule has 2 aromatic rings. The van der Waals surface area contributed by atoms with Crippen LogP contribution in [0.3, 0.4) is 0 Å².